The molecule has 0 spiro atoms. The lowest BCUT2D eigenvalue weighted by atomic mass is 9.98. The fourth-order valence-corrected chi connectivity index (χ4v) is 3.06. The second kappa shape index (κ2) is 4.35. The number of aryl methyl sites for hydroxylation is 2. The molecule has 4 heteroatoms. The summed E-state index contributed by atoms with van der Waals surface area (Å²) in [5.41, 5.74) is 3.74. The minimum atomic E-state index is 0.776. The average molecular weight is 308 g/mol. The zero-order chi connectivity index (χ0) is 12.7. The van der Waals surface area contributed by atoms with Gasteiger partial charge in [0.1, 0.15) is 0 Å². The van der Waals surface area contributed by atoms with E-state index in [1.807, 2.05) is 0 Å². The van der Waals surface area contributed by atoms with Crippen molar-refractivity contribution < 1.29 is 9.47 Å². The van der Waals surface area contributed by atoms with Crippen LogP contribution in [0.25, 0.3) is 11.3 Å². The zero-order valence-electron chi connectivity index (χ0n) is 10.4. The molecule has 0 unspecified atom stereocenters. The van der Waals surface area contributed by atoms with E-state index in [0.717, 1.165) is 28.9 Å². The number of benzene rings is 1. The molecule has 0 saturated heterocycles. The van der Waals surface area contributed by atoms with Gasteiger partial charge >= 0.3 is 0 Å². The van der Waals surface area contributed by atoms with Crippen molar-refractivity contribution in [1.29, 1.82) is 0 Å². The van der Waals surface area contributed by atoms with Gasteiger partial charge in [-0.05, 0) is 46.1 Å². The second-order valence-electron chi connectivity index (χ2n) is 4.32. The van der Waals surface area contributed by atoms with E-state index in [1.54, 1.807) is 14.2 Å². The summed E-state index contributed by atoms with van der Waals surface area (Å²) in [6, 6.07) is 6.22. The molecule has 0 fully saturated rings. The second-order valence-corrected chi connectivity index (χ2v) is 5.17. The molecule has 1 aliphatic rings. The van der Waals surface area contributed by atoms with Crippen LogP contribution in [0.3, 0.4) is 0 Å². The molecule has 0 bridgehead atoms. The fourth-order valence-electron chi connectivity index (χ4n) is 2.51. The molecule has 0 N–H and O–H groups in total. The van der Waals surface area contributed by atoms with E-state index in [2.05, 4.69) is 44.9 Å². The number of nitrogens with zero attached hydrogens (tertiary/aromatic N) is 1. The maximum absolute atomic E-state index is 5.38. The number of rotatable bonds is 2. The van der Waals surface area contributed by atoms with E-state index in [1.165, 1.54) is 16.8 Å². The molecular formula is C14H14BrNO2. The molecule has 3 rings (SSSR count). The SMILES string of the molecule is COc1cc2c(cc1OC)-c1c(Br)ccn1CC2. The largest absolute Gasteiger partial charge is 0.493 e. The molecule has 0 radical (unpaired) electrons. The van der Waals surface area contributed by atoms with Crippen molar-refractivity contribution in [3.05, 3.63) is 34.4 Å². The van der Waals surface area contributed by atoms with Crippen molar-refractivity contribution >= 4 is 15.9 Å². The van der Waals surface area contributed by atoms with Crippen molar-refractivity contribution in [2.75, 3.05) is 14.2 Å². The highest BCUT2D eigenvalue weighted by Crippen LogP contribution is 2.41. The summed E-state index contributed by atoms with van der Waals surface area (Å²) in [5, 5.41) is 0. The van der Waals surface area contributed by atoms with Gasteiger partial charge in [-0.25, -0.2) is 0 Å². The summed E-state index contributed by atoms with van der Waals surface area (Å²) >= 11 is 3.61. The van der Waals surface area contributed by atoms with Crippen LogP contribution < -0.4 is 9.47 Å². The van der Waals surface area contributed by atoms with Gasteiger partial charge in [-0.3, -0.25) is 0 Å². The number of fused-ring (bicyclic) bond motifs is 3. The molecule has 94 valence electrons. The first-order chi connectivity index (χ1) is 8.74. The molecule has 1 aromatic carbocycles. The van der Waals surface area contributed by atoms with Gasteiger partial charge in [0.15, 0.2) is 11.5 Å². The summed E-state index contributed by atoms with van der Waals surface area (Å²) in [6.07, 6.45) is 3.13. The van der Waals surface area contributed by atoms with Crippen molar-refractivity contribution in [3.63, 3.8) is 0 Å². The maximum Gasteiger partial charge on any atom is 0.161 e. The van der Waals surface area contributed by atoms with Crippen LogP contribution in [0, 0.1) is 0 Å². The smallest absolute Gasteiger partial charge is 0.161 e. The van der Waals surface area contributed by atoms with Crippen LogP contribution in [-0.4, -0.2) is 18.8 Å². The van der Waals surface area contributed by atoms with Crippen LogP contribution in [0.1, 0.15) is 5.56 Å². The molecule has 0 amide bonds. The monoisotopic (exact) mass is 307 g/mol. The van der Waals surface area contributed by atoms with Crippen molar-refractivity contribution in [2.24, 2.45) is 0 Å². The lowest BCUT2D eigenvalue weighted by Gasteiger charge is -2.22. The molecule has 0 saturated carbocycles. The van der Waals surface area contributed by atoms with Crippen molar-refractivity contribution in [3.8, 4) is 22.8 Å². The van der Waals surface area contributed by atoms with Crippen LogP contribution in [0.4, 0.5) is 0 Å². The van der Waals surface area contributed by atoms with Gasteiger partial charge in [0.05, 0.1) is 19.9 Å². The Balaban J connectivity index is 2.24. The van der Waals surface area contributed by atoms with E-state index in [-0.39, 0.29) is 0 Å². The summed E-state index contributed by atoms with van der Waals surface area (Å²) in [7, 11) is 3.34. The van der Waals surface area contributed by atoms with Gasteiger partial charge in [-0.15, -0.1) is 0 Å². The number of hydrogen-bond donors (Lipinski definition) is 0. The summed E-state index contributed by atoms with van der Waals surface area (Å²) in [5.74, 6) is 1.57. The number of methoxy groups -OCH3 is 2. The first kappa shape index (κ1) is 11.7. The number of aromatic nitrogens is 1. The molecule has 2 heterocycles. The van der Waals surface area contributed by atoms with E-state index < -0.39 is 0 Å². The average Bonchev–Trinajstić information content (AvgIpc) is 2.79. The van der Waals surface area contributed by atoms with Gasteiger partial charge < -0.3 is 14.0 Å². The maximum atomic E-state index is 5.38. The number of hydrogen-bond acceptors (Lipinski definition) is 2. The van der Waals surface area contributed by atoms with Gasteiger partial charge in [0.2, 0.25) is 0 Å². The van der Waals surface area contributed by atoms with E-state index in [4.69, 9.17) is 9.47 Å². The quantitative estimate of drug-likeness (QED) is 0.848. The summed E-state index contributed by atoms with van der Waals surface area (Å²) < 4.78 is 14.1. The fraction of sp³-hybridized carbons (Fsp3) is 0.286. The van der Waals surface area contributed by atoms with Gasteiger partial charge in [0.25, 0.3) is 0 Å². The Morgan fingerprint density at radius 2 is 1.89 bits per heavy atom. The summed E-state index contributed by atoms with van der Waals surface area (Å²) in [6.45, 7) is 1.00. The standard InChI is InChI=1S/C14H14BrNO2/c1-17-12-7-9-3-5-16-6-4-11(15)14(16)10(9)8-13(12)18-2/h4,6-8H,3,5H2,1-2H3. The predicted molar refractivity (Wildman–Crippen MR) is 74.4 cm³/mol. The first-order valence-corrected chi connectivity index (χ1v) is 6.64. The third kappa shape index (κ3) is 1.63. The van der Waals surface area contributed by atoms with Crippen LogP contribution >= 0.6 is 15.9 Å². The molecule has 3 nitrogen and oxygen atoms in total. The Morgan fingerprint density at radius 1 is 1.17 bits per heavy atom. The van der Waals surface area contributed by atoms with Crippen molar-refractivity contribution in [1.82, 2.24) is 4.57 Å². The molecule has 1 aliphatic heterocycles. The van der Waals surface area contributed by atoms with Gasteiger partial charge in [-0.2, -0.15) is 0 Å². The third-order valence-electron chi connectivity index (χ3n) is 3.40. The molecular weight excluding hydrogens is 294 g/mol. The zero-order valence-corrected chi connectivity index (χ0v) is 12.0. The third-order valence-corrected chi connectivity index (χ3v) is 4.04. The Hall–Kier alpha value is -1.42. The highest BCUT2D eigenvalue weighted by Gasteiger charge is 2.21. The molecule has 1 aromatic heterocycles. The Labute approximate surface area is 114 Å². The molecule has 0 atom stereocenters. The molecule has 2 aromatic rings. The van der Waals surface area contributed by atoms with E-state index in [9.17, 15) is 0 Å². The van der Waals surface area contributed by atoms with Crippen LogP contribution in [-0.2, 0) is 13.0 Å². The Bertz CT molecular complexity index is 604. The Morgan fingerprint density at radius 3 is 2.61 bits per heavy atom. The normalized spacial score (nSPS) is 12.8. The summed E-state index contributed by atoms with van der Waals surface area (Å²) in [4.78, 5) is 0. The minimum Gasteiger partial charge on any atom is -0.493 e. The lowest BCUT2D eigenvalue weighted by Crippen LogP contribution is -2.10. The van der Waals surface area contributed by atoms with Crippen LogP contribution in [0.2, 0.25) is 0 Å². The van der Waals surface area contributed by atoms with Crippen LogP contribution in [0.15, 0.2) is 28.9 Å². The topological polar surface area (TPSA) is 23.4 Å². The Kier molecular flexibility index (Phi) is 2.82. The predicted octanol–water partition coefficient (Wildman–Crippen LogP) is 3.49. The highest BCUT2D eigenvalue weighted by molar-refractivity contribution is 9.10. The highest BCUT2D eigenvalue weighted by atomic mass is 79.9. The van der Waals surface area contributed by atoms with Crippen LogP contribution in [0.5, 0.6) is 11.5 Å². The minimum absolute atomic E-state index is 0.776. The molecule has 0 aliphatic carbocycles. The van der Waals surface area contributed by atoms with E-state index >= 15 is 0 Å². The number of halogens is 1. The van der Waals surface area contributed by atoms with E-state index in [0.29, 0.717) is 0 Å². The first-order valence-electron chi connectivity index (χ1n) is 5.84. The lowest BCUT2D eigenvalue weighted by molar-refractivity contribution is 0.354. The van der Waals surface area contributed by atoms with Gasteiger partial charge in [-0.1, -0.05) is 0 Å². The molecule has 18 heavy (non-hydrogen) atoms. The van der Waals surface area contributed by atoms with Crippen molar-refractivity contribution in [2.45, 2.75) is 13.0 Å². The number of ether oxygens (including phenoxy) is 2. The van der Waals surface area contributed by atoms with Gasteiger partial charge in [0, 0.05) is 22.8 Å².